The number of hydrogen-bond donors (Lipinski definition) is 3. The summed E-state index contributed by atoms with van der Waals surface area (Å²) >= 11 is 1.57. The largest absolute Gasteiger partial charge is 0.493 e. The van der Waals surface area contributed by atoms with Gasteiger partial charge in [-0.15, -0.1) is 11.3 Å². The summed E-state index contributed by atoms with van der Waals surface area (Å²) in [7, 11) is -0.858. The Morgan fingerprint density at radius 3 is 2.14 bits per heavy atom. The van der Waals surface area contributed by atoms with Crippen molar-refractivity contribution >= 4 is 55.7 Å². The second kappa shape index (κ2) is 30.2. The van der Waals surface area contributed by atoms with Crippen LogP contribution in [0.15, 0.2) is 94.1 Å². The number of β-amino-alcohol motifs (C(OH)–C–C–N with tert-alkyl or cyclic N) is 1. The third-order valence-electron chi connectivity index (χ3n) is 14.3. The van der Waals surface area contributed by atoms with Crippen LogP contribution in [-0.2, 0) is 64.7 Å². The van der Waals surface area contributed by atoms with E-state index >= 15 is 0 Å². The molecule has 454 valence electrons. The van der Waals surface area contributed by atoms with E-state index < -0.39 is 56.9 Å². The number of carbonyl (C=O) groups is 4. The number of likely N-dealkylation sites (tertiary alicyclic amines) is 1. The number of aromatic nitrogens is 3. The van der Waals surface area contributed by atoms with Crippen molar-refractivity contribution in [3.8, 4) is 33.4 Å². The van der Waals surface area contributed by atoms with Crippen LogP contribution in [0.5, 0.6) is 23.0 Å². The third kappa shape index (κ3) is 17.6. The molecule has 22 heteroatoms. The number of nitrogens with zero attached hydrogens (tertiary/aromatic N) is 4. The maximum Gasteiger partial charge on any atom is 0.328 e. The Labute approximate surface area is 495 Å². The molecule has 4 aromatic carbocycles. The molecule has 1 saturated heterocycles. The fourth-order valence-electron chi connectivity index (χ4n) is 9.72. The average Bonchev–Trinajstić information content (AvgIpc) is 2.79. The van der Waals surface area contributed by atoms with E-state index in [0.717, 1.165) is 47.4 Å². The Kier molecular flexibility index (Phi) is 23.2. The Hall–Kier alpha value is -6.95. The lowest BCUT2D eigenvalue weighted by Crippen LogP contribution is -2.57. The molecule has 84 heavy (non-hydrogen) atoms. The summed E-state index contributed by atoms with van der Waals surface area (Å²) < 4.78 is 66.5. The molecule has 7 rings (SSSR count). The number of carbonyl (C=O) groups excluding carboxylic acids is 4. The van der Waals surface area contributed by atoms with Gasteiger partial charge in [0.15, 0.2) is 15.6 Å². The van der Waals surface area contributed by atoms with Gasteiger partial charge in [0, 0.05) is 75.4 Å². The van der Waals surface area contributed by atoms with Crippen LogP contribution in [0, 0.1) is 12.3 Å². The van der Waals surface area contributed by atoms with Crippen molar-refractivity contribution in [2.24, 2.45) is 19.5 Å². The number of nitrogens with one attached hydrogen (secondary N) is 2. The molecule has 0 radical (unpaired) electrons. The lowest BCUT2D eigenvalue weighted by atomic mass is 9.85. The second-order valence-corrected chi connectivity index (χ2v) is 24.9. The first-order valence-electron chi connectivity index (χ1n) is 28.6. The molecule has 0 unspecified atom stereocenters. The fraction of sp³-hybridized carbons (Fsp3) is 0.484. The van der Waals surface area contributed by atoms with Crippen molar-refractivity contribution in [1.29, 1.82) is 0 Å². The van der Waals surface area contributed by atoms with E-state index in [1.165, 1.54) is 38.3 Å². The Bertz CT molecular complexity index is 3390. The maximum absolute atomic E-state index is 14.2. The van der Waals surface area contributed by atoms with E-state index in [0.29, 0.717) is 53.5 Å². The number of sulfone groups is 1. The van der Waals surface area contributed by atoms with Crippen LogP contribution in [0.4, 0.5) is 0 Å². The second-order valence-electron chi connectivity index (χ2n) is 22.0. The van der Waals surface area contributed by atoms with Crippen molar-refractivity contribution in [3.05, 3.63) is 117 Å². The van der Waals surface area contributed by atoms with Crippen molar-refractivity contribution in [3.63, 3.8) is 0 Å². The van der Waals surface area contributed by atoms with Gasteiger partial charge in [0.25, 0.3) is 5.91 Å². The predicted molar refractivity (Wildman–Crippen MR) is 321 cm³/mol. The molecule has 1 aliphatic heterocycles. The highest BCUT2D eigenvalue weighted by molar-refractivity contribution is 7.90. The number of thiazole rings is 1. The van der Waals surface area contributed by atoms with Crippen molar-refractivity contribution in [1.82, 2.24) is 29.7 Å². The van der Waals surface area contributed by atoms with Crippen molar-refractivity contribution < 1.29 is 61.1 Å². The standard InChI is InChI=1S/C62H80N6O14S2/c1-9-11-12-24-81-48-33-47(80-23-10-2)34-49(35-48)82-55-36-52-51(66(7)61(74)67(52)8)31-45(55)39-84(75,76)50-15-13-14-44(30-50)59(72)63-22-25-77-26-27-78-28-29-79-38-56(71)65-58(62(4,5)6)60(73)68-37-46(69)32-53(68)54(70)21-18-42-16-19-43(20-17-42)57-41(3)64-40-83-57/h13-17,19-20,30-31,33-36,40,46,53,58,69H,9-12,18,21-29,32,37-39H2,1-8H3,(H,63,72)(H,65,71)/t46-,53+,58-/m1/s1. The monoisotopic (exact) mass is 1200 g/mol. The molecule has 1 fully saturated rings. The van der Waals surface area contributed by atoms with Crippen molar-refractivity contribution in [2.45, 2.75) is 115 Å². The predicted octanol–water partition coefficient (Wildman–Crippen LogP) is 7.91. The van der Waals surface area contributed by atoms with Gasteiger partial charge in [0.05, 0.1) is 96.2 Å². The molecule has 1 aliphatic rings. The topological polar surface area (TPSA) is 245 Å². The van der Waals surface area contributed by atoms with E-state index in [2.05, 4.69) is 22.5 Å². The first-order valence-corrected chi connectivity index (χ1v) is 31.1. The molecule has 3 N–H and O–H groups in total. The Morgan fingerprint density at radius 2 is 1.48 bits per heavy atom. The first-order chi connectivity index (χ1) is 40.2. The minimum atomic E-state index is -4.10. The zero-order valence-electron chi connectivity index (χ0n) is 49.4. The molecule has 2 aromatic heterocycles. The van der Waals surface area contributed by atoms with Crippen LogP contribution in [0.1, 0.15) is 100 Å². The van der Waals surface area contributed by atoms with Gasteiger partial charge < -0.3 is 49.1 Å². The number of ketones is 1. The number of benzene rings is 4. The SMILES string of the molecule is CCCCCOc1cc(OCCC)cc(Oc2cc3c(cc2CS(=O)(=O)c2cccc(C(=O)NCCOCCOCCOCC(=O)N[C@H](C(=O)N4C[C@H](O)C[C@H]4C(=O)CCc4ccc(-c5scnc5C)cc4)C(C)(C)C)c2)n(C)c(=O)n3C)c1. The number of amides is 3. The Balaban J connectivity index is 0.832. The summed E-state index contributed by atoms with van der Waals surface area (Å²) in [6.07, 6.45) is 3.63. The normalized spacial score (nSPS) is 14.8. The maximum atomic E-state index is 14.2. The van der Waals surface area contributed by atoms with E-state index in [1.54, 1.807) is 55.8 Å². The number of aliphatic hydroxyl groups is 1. The highest BCUT2D eigenvalue weighted by atomic mass is 32.2. The summed E-state index contributed by atoms with van der Waals surface area (Å²) in [5, 5.41) is 16.2. The van der Waals surface area contributed by atoms with Crippen LogP contribution in [0.2, 0.25) is 0 Å². The van der Waals surface area contributed by atoms with Gasteiger partial charge >= 0.3 is 5.69 Å². The van der Waals surface area contributed by atoms with E-state index in [9.17, 15) is 37.5 Å². The highest BCUT2D eigenvalue weighted by Crippen LogP contribution is 2.37. The summed E-state index contributed by atoms with van der Waals surface area (Å²) in [6, 6.07) is 20.5. The van der Waals surface area contributed by atoms with Gasteiger partial charge in [0.2, 0.25) is 11.8 Å². The fourth-order valence-corrected chi connectivity index (χ4v) is 11.9. The van der Waals surface area contributed by atoms with E-state index in [4.69, 9.17) is 28.4 Å². The van der Waals surface area contributed by atoms with E-state index in [-0.39, 0.29) is 93.3 Å². The van der Waals surface area contributed by atoms with Gasteiger partial charge in [-0.1, -0.05) is 77.8 Å². The molecule has 3 atom stereocenters. The molecule has 0 aliphatic carbocycles. The summed E-state index contributed by atoms with van der Waals surface area (Å²) in [5.41, 5.74) is 5.25. The number of ether oxygens (including phenoxy) is 6. The van der Waals surface area contributed by atoms with E-state index in [1.807, 2.05) is 64.4 Å². The minimum Gasteiger partial charge on any atom is -0.493 e. The molecule has 3 amide bonds. The van der Waals surface area contributed by atoms with Crippen LogP contribution in [0.3, 0.4) is 0 Å². The smallest absolute Gasteiger partial charge is 0.328 e. The number of imidazole rings is 1. The van der Waals surface area contributed by atoms with Gasteiger partial charge in [0.1, 0.15) is 35.6 Å². The van der Waals surface area contributed by atoms with Crippen LogP contribution >= 0.6 is 11.3 Å². The number of unbranched alkanes of at least 4 members (excludes halogenated alkanes) is 2. The zero-order chi connectivity index (χ0) is 60.6. The average molecular weight is 1200 g/mol. The van der Waals surface area contributed by atoms with Gasteiger partial charge in [-0.25, -0.2) is 18.2 Å². The first kappa shape index (κ1) is 64.6. The molecule has 20 nitrogen and oxygen atoms in total. The van der Waals surface area contributed by atoms with Crippen LogP contribution in [-0.4, -0.2) is 140 Å². The number of Topliss-reactive ketones (excluding diaryl/α,β-unsaturated/α-hetero) is 1. The molecule has 3 heterocycles. The third-order valence-corrected chi connectivity index (χ3v) is 16.9. The molecular weight excluding hydrogens is 1120 g/mol. The highest BCUT2D eigenvalue weighted by Gasteiger charge is 2.44. The quantitative estimate of drug-likeness (QED) is 0.0340. The number of aryl methyl sites for hydroxylation is 4. The number of hydrogen-bond acceptors (Lipinski definition) is 16. The lowest BCUT2D eigenvalue weighted by molar-refractivity contribution is -0.144. The molecule has 0 spiro atoms. The summed E-state index contributed by atoms with van der Waals surface area (Å²) in [4.78, 5) is 73.8. The van der Waals surface area contributed by atoms with Crippen LogP contribution < -0.4 is 30.5 Å². The lowest BCUT2D eigenvalue weighted by Gasteiger charge is -2.35. The summed E-state index contributed by atoms with van der Waals surface area (Å²) in [6.45, 7) is 13.0. The number of rotatable bonds is 32. The summed E-state index contributed by atoms with van der Waals surface area (Å²) in [5.74, 6) is -0.500. The van der Waals surface area contributed by atoms with Crippen LogP contribution in [0.25, 0.3) is 21.5 Å². The van der Waals surface area contributed by atoms with Gasteiger partial charge in [-0.05, 0) is 67.0 Å². The molecule has 0 bridgehead atoms. The molecule has 0 saturated carbocycles. The van der Waals surface area contributed by atoms with Gasteiger partial charge in [-0.3, -0.25) is 28.3 Å². The number of fused-ring (bicyclic) bond motifs is 1. The van der Waals surface area contributed by atoms with Crippen molar-refractivity contribution in [2.75, 3.05) is 65.9 Å². The zero-order valence-corrected chi connectivity index (χ0v) is 51.0. The minimum absolute atomic E-state index is 0.0132. The Morgan fingerprint density at radius 1 is 0.810 bits per heavy atom. The molecular formula is C62H80N6O14S2. The van der Waals surface area contributed by atoms with Gasteiger partial charge in [-0.2, -0.15) is 0 Å². The molecule has 6 aromatic rings. The number of aliphatic hydroxyl groups excluding tert-OH is 1.